The normalized spacial score (nSPS) is 15.2. The third-order valence-corrected chi connectivity index (χ3v) is 7.86. The number of nitriles is 1. The summed E-state index contributed by atoms with van der Waals surface area (Å²) in [6.07, 6.45) is 18.4. The maximum Gasteiger partial charge on any atom is 0.240 e. The standard InChI is InChI=1S/C32H58N6O4/c1-2-35-29(39)19-13-9-5-3-7-11-15-23-36-30(40)20-14-10-6-4-8-12-16-24-37-31(41)22-21-28(34)32(42)38-25-17-18-27(38)26-33/h27-28H,2-25,34H2,1H3,(H,35,39)(H,36,40)(H,37,41)/t27-,28-/m0/s1. The molecular formula is C32H58N6O4. The zero-order valence-corrected chi connectivity index (χ0v) is 26.2. The number of hydrogen-bond donors (Lipinski definition) is 4. The van der Waals surface area contributed by atoms with Crippen LogP contribution in [-0.2, 0) is 19.2 Å². The molecule has 1 fully saturated rings. The predicted molar refractivity (Wildman–Crippen MR) is 166 cm³/mol. The number of likely N-dealkylation sites (tertiary alicyclic amines) is 1. The van der Waals surface area contributed by atoms with Gasteiger partial charge in [-0.25, -0.2) is 0 Å². The van der Waals surface area contributed by atoms with Gasteiger partial charge in [0.25, 0.3) is 0 Å². The van der Waals surface area contributed by atoms with Gasteiger partial charge < -0.3 is 26.6 Å². The van der Waals surface area contributed by atoms with Gasteiger partial charge in [-0.2, -0.15) is 5.26 Å². The van der Waals surface area contributed by atoms with Crippen molar-refractivity contribution in [1.82, 2.24) is 20.9 Å². The number of hydrogen-bond acceptors (Lipinski definition) is 6. The zero-order valence-electron chi connectivity index (χ0n) is 26.2. The molecule has 42 heavy (non-hydrogen) atoms. The zero-order chi connectivity index (χ0) is 30.8. The molecule has 1 aliphatic rings. The van der Waals surface area contributed by atoms with Crippen molar-refractivity contribution in [3.63, 3.8) is 0 Å². The SMILES string of the molecule is CCNC(=O)CCCCCCCCCNC(=O)CCCCCCCCCNC(=O)CC[C@H](N)C(=O)N1CCC[C@H]1C#N. The van der Waals surface area contributed by atoms with Gasteiger partial charge in [0.2, 0.25) is 23.6 Å². The molecule has 0 bridgehead atoms. The minimum atomic E-state index is -0.736. The van der Waals surface area contributed by atoms with Crippen LogP contribution >= 0.6 is 0 Å². The number of unbranched alkanes of at least 4 members (excludes halogenated alkanes) is 12. The van der Waals surface area contributed by atoms with E-state index in [1.165, 1.54) is 19.3 Å². The summed E-state index contributed by atoms with van der Waals surface area (Å²) < 4.78 is 0. The Labute approximate surface area is 254 Å². The number of carbonyl (C=O) groups excluding carboxylic acids is 4. The van der Waals surface area contributed by atoms with Crippen LogP contribution in [0.1, 0.15) is 135 Å². The number of carbonyl (C=O) groups is 4. The molecule has 5 N–H and O–H groups in total. The monoisotopic (exact) mass is 590 g/mol. The Morgan fingerprint density at radius 1 is 0.738 bits per heavy atom. The molecule has 10 heteroatoms. The van der Waals surface area contributed by atoms with Gasteiger partial charge in [0, 0.05) is 45.4 Å². The second-order valence-corrected chi connectivity index (χ2v) is 11.6. The molecule has 1 heterocycles. The number of nitrogens with two attached hydrogens (primary N) is 1. The van der Waals surface area contributed by atoms with E-state index in [0.29, 0.717) is 45.3 Å². The second kappa shape index (κ2) is 24.9. The van der Waals surface area contributed by atoms with Crippen molar-refractivity contribution < 1.29 is 19.2 Å². The lowest BCUT2D eigenvalue weighted by Crippen LogP contribution is -2.46. The smallest absolute Gasteiger partial charge is 0.240 e. The minimum absolute atomic E-state index is 0.0870. The Balaban J connectivity index is 1.84. The van der Waals surface area contributed by atoms with Crippen LogP contribution in [0.15, 0.2) is 0 Å². The van der Waals surface area contributed by atoms with Crippen molar-refractivity contribution in [2.45, 2.75) is 147 Å². The molecule has 0 aromatic heterocycles. The minimum Gasteiger partial charge on any atom is -0.356 e. The van der Waals surface area contributed by atoms with E-state index in [4.69, 9.17) is 11.0 Å². The van der Waals surface area contributed by atoms with Crippen LogP contribution in [0.25, 0.3) is 0 Å². The lowest BCUT2D eigenvalue weighted by molar-refractivity contribution is -0.133. The van der Waals surface area contributed by atoms with Crippen LogP contribution in [-0.4, -0.2) is 66.8 Å². The molecular weight excluding hydrogens is 532 g/mol. The highest BCUT2D eigenvalue weighted by atomic mass is 16.2. The largest absolute Gasteiger partial charge is 0.356 e. The second-order valence-electron chi connectivity index (χ2n) is 11.6. The van der Waals surface area contributed by atoms with E-state index in [2.05, 4.69) is 22.0 Å². The molecule has 0 aliphatic carbocycles. The van der Waals surface area contributed by atoms with Crippen molar-refractivity contribution in [3.05, 3.63) is 0 Å². The fourth-order valence-electron chi connectivity index (χ4n) is 5.29. The van der Waals surface area contributed by atoms with Gasteiger partial charge in [0.15, 0.2) is 0 Å². The van der Waals surface area contributed by atoms with E-state index in [0.717, 1.165) is 83.6 Å². The summed E-state index contributed by atoms with van der Waals surface area (Å²) in [5.74, 6) is -0.00266. The van der Waals surface area contributed by atoms with Crippen molar-refractivity contribution >= 4 is 23.6 Å². The summed E-state index contributed by atoms with van der Waals surface area (Å²) in [5.41, 5.74) is 5.98. The summed E-state index contributed by atoms with van der Waals surface area (Å²) in [6.45, 7) is 4.61. The molecule has 1 saturated heterocycles. The molecule has 240 valence electrons. The number of nitrogens with zero attached hydrogens (tertiary/aromatic N) is 2. The Morgan fingerprint density at radius 3 is 1.69 bits per heavy atom. The molecule has 0 spiro atoms. The molecule has 0 unspecified atom stereocenters. The first-order chi connectivity index (χ1) is 20.4. The number of nitrogens with one attached hydrogen (secondary N) is 3. The summed E-state index contributed by atoms with van der Waals surface area (Å²) in [7, 11) is 0. The Morgan fingerprint density at radius 2 is 1.19 bits per heavy atom. The van der Waals surface area contributed by atoms with Crippen molar-refractivity contribution in [2.75, 3.05) is 26.2 Å². The van der Waals surface area contributed by atoms with Gasteiger partial charge in [-0.15, -0.1) is 0 Å². The summed E-state index contributed by atoms with van der Waals surface area (Å²) in [6, 6.07) is 1.02. The van der Waals surface area contributed by atoms with E-state index in [1.807, 2.05) is 6.92 Å². The van der Waals surface area contributed by atoms with Crippen LogP contribution in [0, 0.1) is 11.3 Å². The van der Waals surface area contributed by atoms with E-state index in [-0.39, 0.29) is 36.1 Å². The van der Waals surface area contributed by atoms with Crippen molar-refractivity contribution in [2.24, 2.45) is 5.73 Å². The highest BCUT2D eigenvalue weighted by molar-refractivity contribution is 5.83. The van der Waals surface area contributed by atoms with Gasteiger partial charge in [0.1, 0.15) is 6.04 Å². The molecule has 0 aromatic carbocycles. The third-order valence-electron chi connectivity index (χ3n) is 7.86. The highest BCUT2D eigenvalue weighted by Crippen LogP contribution is 2.18. The Bertz CT molecular complexity index is 815. The molecule has 2 atom stereocenters. The van der Waals surface area contributed by atoms with Crippen LogP contribution in [0.5, 0.6) is 0 Å². The van der Waals surface area contributed by atoms with E-state index >= 15 is 0 Å². The predicted octanol–water partition coefficient (Wildman–Crippen LogP) is 4.22. The van der Waals surface area contributed by atoms with E-state index in [9.17, 15) is 19.2 Å². The molecule has 0 radical (unpaired) electrons. The maximum atomic E-state index is 12.4. The third kappa shape index (κ3) is 18.7. The van der Waals surface area contributed by atoms with E-state index < -0.39 is 6.04 Å². The molecule has 0 aromatic rings. The number of rotatable bonds is 25. The fraction of sp³-hybridized carbons (Fsp3) is 0.844. The Hall–Kier alpha value is -2.67. The van der Waals surface area contributed by atoms with Crippen molar-refractivity contribution in [1.29, 1.82) is 5.26 Å². The van der Waals surface area contributed by atoms with Crippen molar-refractivity contribution in [3.8, 4) is 6.07 Å². The molecule has 4 amide bonds. The average molecular weight is 591 g/mol. The summed E-state index contributed by atoms with van der Waals surface area (Å²) >= 11 is 0. The summed E-state index contributed by atoms with van der Waals surface area (Å²) in [4.78, 5) is 49.4. The first-order valence-corrected chi connectivity index (χ1v) is 16.6. The van der Waals surface area contributed by atoms with Crippen LogP contribution in [0.4, 0.5) is 0 Å². The summed E-state index contributed by atoms with van der Waals surface area (Å²) in [5, 5.41) is 17.9. The molecule has 0 saturated carbocycles. The first-order valence-electron chi connectivity index (χ1n) is 16.6. The van der Waals surface area contributed by atoms with Crippen LogP contribution in [0.3, 0.4) is 0 Å². The topological polar surface area (TPSA) is 157 Å². The van der Waals surface area contributed by atoms with Crippen LogP contribution in [0.2, 0.25) is 0 Å². The molecule has 10 nitrogen and oxygen atoms in total. The van der Waals surface area contributed by atoms with Gasteiger partial charge >= 0.3 is 0 Å². The lowest BCUT2D eigenvalue weighted by atomic mass is 10.1. The maximum absolute atomic E-state index is 12.4. The lowest BCUT2D eigenvalue weighted by Gasteiger charge is -2.23. The average Bonchev–Trinajstić information content (AvgIpc) is 3.46. The Kier molecular flexibility index (Phi) is 22.1. The quantitative estimate of drug-likeness (QED) is 0.117. The first kappa shape index (κ1) is 37.4. The van der Waals surface area contributed by atoms with Gasteiger partial charge in [-0.05, 0) is 51.9 Å². The van der Waals surface area contributed by atoms with Gasteiger partial charge in [-0.3, -0.25) is 19.2 Å². The molecule has 1 aliphatic heterocycles. The molecule has 1 rings (SSSR count). The highest BCUT2D eigenvalue weighted by Gasteiger charge is 2.31. The van der Waals surface area contributed by atoms with Gasteiger partial charge in [0.05, 0.1) is 12.1 Å². The van der Waals surface area contributed by atoms with E-state index in [1.54, 1.807) is 4.90 Å². The fourth-order valence-corrected chi connectivity index (χ4v) is 5.29. The van der Waals surface area contributed by atoms with Crippen LogP contribution < -0.4 is 21.7 Å². The number of amides is 4. The van der Waals surface area contributed by atoms with Gasteiger partial charge in [-0.1, -0.05) is 64.2 Å².